The fourth-order valence-electron chi connectivity index (χ4n) is 8.73. The first kappa shape index (κ1) is 21.4. The minimum Gasteiger partial charge on any atom is -0.390 e. The van der Waals surface area contributed by atoms with Gasteiger partial charge >= 0.3 is 0 Å². The molecule has 0 radical (unpaired) electrons. The Labute approximate surface area is 185 Å². The summed E-state index contributed by atoms with van der Waals surface area (Å²) in [5.41, 5.74) is -5.02. The van der Waals surface area contributed by atoms with Crippen LogP contribution in [0.5, 0.6) is 0 Å². The number of carbonyl (C=O) groups excluding carboxylic acids is 1. The summed E-state index contributed by atoms with van der Waals surface area (Å²) in [7, 11) is 0. The highest BCUT2D eigenvalue weighted by Gasteiger charge is 2.82. The van der Waals surface area contributed by atoms with Gasteiger partial charge in [-0.2, -0.15) is 0 Å². The van der Waals surface area contributed by atoms with Gasteiger partial charge in [0.05, 0.1) is 6.10 Å². The van der Waals surface area contributed by atoms with E-state index in [1.165, 1.54) is 18.2 Å². The van der Waals surface area contributed by atoms with E-state index in [1.54, 1.807) is 6.92 Å². The van der Waals surface area contributed by atoms with Gasteiger partial charge in [0.15, 0.2) is 25.0 Å². The van der Waals surface area contributed by atoms with Crippen LogP contribution >= 0.6 is 0 Å². The van der Waals surface area contributed by atoms with Gasteiger partial charge in [-0.3, -0.25) is 4.79 Å². The molecule has 2 saturated heterocycles. The maximum absolute atomic E-state index is 17.3. The summed E-state index contributed by atoms with van der Waals surface area (Å²) in [6, 6.07) is 0. The highest BCUT2D eigenvalue weighted by molar-refractivity contribution is 6.01. The molecule has 6 aliphatic rings. The van der Waals surface area contributed by atoms with Crippen molar-refractivity contribution < 1.29 is 37.6 Å². The maximum Gasteiger partial charge on any atom is 0.227 e. The molecular formula is C24H30F2O6. The predicted octanol–water partition coefficient (Wildman–Crippen LogP) is 2.99. The summed E-state index contributed by atoms with van der Waals surface area (Å²) >= 11 is 0. The van der Waals surface area contributed by atoms with E-state index in [9.17, 15) is 9.90 Å². The van der Waals surface area contributed by atoms with E-state index in [4.69, 9.17) is 18.9 Å². The van der Waals surface area contributed by atoms with E-state index in [0.29, 0.717) is 6.42 Å². The first-order chi connectivity index (χ1) is 15.1. The molecule has 176 valence electrons. The summed E-state index contributed by atoms with van der Waals surface area (Å²) in [6.45, 7) is 5.96. The highest BCUT2D eigenvalue weighted by atomic mass is 19.1. The van der Waals surface area contributed by atoms with Crippen molar-refractivity contribution in [2.75, 3.05) is 20.2 Å². The van der Waals surface area contributed by atoms with Crippen LogP contribution in [0.2, 0.25) is 0 Å². The normalized spacial score (nSPS) is 58.8. The molecule has 3 saturated carbocycles. The molecule has 6 rings (SSSR count). The molecule has 8 heteroatoms. The van der Waals surface area contributed by atoms with E-state index in [2.05, 4.69) is 0 Å². The second kappa shape index (κ2) is 6.27. The van der Waals surface area contributed by atoms with E-state index in [0.717, 1.165) is 0 Å². The molecule has 0 aromatic rings. The van der Waals surface area contributed by atoms with E-state index in [1.807, 2.05) is 13.8 Å². The van der Waals surface area contributed by atoms with Gasteiger partial charge in [0.25, 0.3) is 0 Å². The second-order valence-electron chi connectivity index (χ2n) is 11.0. The zero-order valence-electron chi connectivity index (χ0n) is 18.6. The van der Waals surface area contributed by atoms with Crippen LogP contribution in [-0.4, -0.2) is 60.4 Å². The molecule has 1 N–H and O–H groups in total. The van der Waals surface area contributed by atoms with Crippen molar-refractivity contribution in [3.8, 4) is 0 Å². The van der Waals surface area contributed by atoms with Gasteiger partial charge < -0.3 is 24.1 Å². The van der Waals surface area contributed by atoms with E-state index in [-0.39, 0.29) is 56.2 Å². The summed E-state index contributed by atoms with van der Waals surface area (Å²) in [5.74, 6) is -2.57. The quantitative estimate of drug-likeness (QED) is 0.609. The Hall–Kier alpha value is -1.19. The Morgan fingerprint density at radius 3 is 2.59 bits per heavy atom. The zero-order valence-corrected chi connectivity index (χ0v) is 18.6. The minimum atomic E-state index is -2.10. The second-order valence-corrected chi connectivity index (χ2v) is 11.0. The van der Waals surface area contributed by atoms with Gasteiger partial charge in [-0.05, 0) is 55.7 Å². The van der Waals surface area contributed by atoms with Gasteiger partial charge in [0.2, 0.25) is 5.79 Å². The Kier molecular flexibility index (Phi) is 4.18. The van der Waals surface area contributed by atoms with Gasteiger partial charge in [0, 0.05) is 16.7 Å². The zero-order chi connectivity index (χ0) is 22.7. The van der Waals surface area contributed by atoms with Gasteiger partial charge in [-0.1, -0.05) is 19.9 Å². The molecule has 2 aliphatic heterocycles. The van der Waals surface area contributed by atoms with Gasteiger partial charge in [-0.25, -0.2) is 8.78 Å². The number of carbonyl (C=O) groups is 1. The first-order valence-electron chi connectivity index (χ1n) is 11.5. The third-order valence-corrected chi connectivity index (χ3v) is 9.98. The monoisotopic (exact) mass is 452 g/mol. The molecule has 0 amide bonds. The average molecular weight is 452 g/mol. The van der Waals surface area contributed by atoms with Crippen LogP contribution in [0.15, 0.2) is 23.8 Å². The Morgan fingerprint density at radius 2 is 1.88 bits per heavy atom. The summed E-state index contributed by atoms with van der Waals surface area (Å²) in [5, 5.41) is 11.5. The molecule has 2 heterocycles. The molecule has 10 atom stereocenters. The number of alkyl halides is 2. The molecule has 2 spiro atoms. The van der Waals surface area contributed by atoms with Crippen molar-refractivity contribution in [3.05, 3.63) is 23.8 Å². The van der Waals surface area contributed by atoms with Crippen LogP contribution in [0.3, 0.4) is 0 Å². The lowest BCUT2D eigenvalue weighted by atomic mass is 9.44. The lowest BCUT2D eigenvalue weighted by molar-refractivity contribution is -0.278. The highest BCUT2D eigenvalue weighted by Crippen LogP contribution is 2.74. The Bertz CT molecular complexity index is 924. The van der Waals surface area contributed by atoms with Crippen LogP contribution in [0.1, 0.15) is 40.0 Å². The predicted molar refractivity (Wildman–Crippen MR) is 108 cm³/mol. The molecule has 4 aliphatic carbocycles. The summed E-state index contributed by atoms with van der Waals surface area (Å²) < 4.78 is 56.6. The molecule has 0 bridgehead atoms. The van der Waals surface area contributed by atoms with Crippen LogP contribution in [0.25, 0.3) is 0 Å². The van der Waals surface area contributed by atoms with Crippen molar-refractivity contribution in [2.45, 2.75) is 69.4 Å². The average Bonchev–Trinajstić information content (AvgIpc) is 3.42. The first-order valence-corrected chi connectivity index (χ1v) is 11.5. The fraction of sp³-hybridized carbons (Fsp3) is 0.792. The topological polar surface area (TPSA) is 74.2 Å². The maximum atomic E-state index is 17.3. The van der Waals surface area contributed by atoms with Crippen molar-refractivity contribution in [1.82, 2.24) is 0 Å². The third-order valence-electron chi connectivity index (χ3n) is 9.98. The van der Waals surface area contributed by atoms with Crippen molar-refractivity contribution in [1.29, 1.82) is 0 Å². The number of allylic oxidation sites excluding steroid dienone is 4. The van der Waals surface area contributed by atoms with Gasteiger partial charge in [-0.15, -0.1) is 0 Å². The van der Waals surface area contributed by atoms with Crippen LogP contribution in [0.4, 0.5) is 8.78 Å². The standard InChI is InChI=1S/C24H30F2O6/c1-13-6-15-16-8-18(25)17-7-14(27)4-5-20(17,2)23(16,26)19(28)9-21(15,3)24(13)22(31-12-32-24)10-29-11-30-22/h4-5,7,13,15-16,18-19,28H,6,8-12H2,1-3H3/t13-,15-,16-,18-,19-,20-,21-,22?,23-,24+/m0/s1. The lowest BCUT2D eigenvalue weighted by Crippen LogP contribution is -2.72. The van der Waals surface area contributed by atoms with Crippen molar-refractivity contribution >= 4 is 5.78 Å². The Morgan fingerprint density at radius 1 is 1.12 bits per heavy atom. The molecule has 0 aromatic heterocycles. The SMILES string of the molecule is C[C@H]1C[C@H]2[C@@H]3C[C@H](F)C4=CC(=O)C=C[C@]4(C)[C@@]3(F)[C@@H](O)C[C@]2(C)[C@]12OCOC21COCO1. The summed E-state index contributed by atoms with van der Waals surface area (Å²) in [4.78, 5) is 12.0. The number of fused-ring (bicyclic) bond motifs is 7. The molecular weight excluding hydrogens is 422 g/mol. The number of aliphatic hydroxyl groups excluding tert-OH is 1. The van der Waals surface area contributed by atoms with E-state index >= 15 is 8.78 Å². The third kappa shape index (κ3) is 2.07. The van der Waals surface area contributed by atoms with Crippen molar-refractivity contribution in [2.24, 2.45) is 28.6 Å². The number of hydrogen-bond acceptors (Lipinski definition) is 6. The summed E-state index contributed by atoms with van der Waals surface area (Å²) in [6.07, 6.45) is 1.78. The van der Waals surface area contributed by atoms with Crippen LogP contribution < -0.4 is 0 Å². The number of halogens is 2. The largest absolute Gasteiger partial charge is 0.390 e. The molecule has 6 nitrogen and oxygen atoms in total. The minimum absolute atomic E-state index is 0.0265. The van der Waals surface area contributed by atoms with Gasteiger partial charge in [0.1, 0.15) is 18.4 Å². The number of ether oxygens (including phenoxy) is 4. The number of hydrogen-bond donors (Lipinski definition) is 1. The Balaban J connectivity index is 1.50. The number of rotatable bonds is 0. The number of ketones is 1. The van der Waals surface area contributed by atoms with Crippen molar-refractivity contribution in [3.63, 3.8) is 0 Å². The smallest absolute Gasteiger partial charge is 0.227 e. The molecule has 1 unspecified atom stereocenters. The van der Waals surface area contributed by atoms with E-state index < -0.39 is 46.1 Å². The molecule has 32 heavy (non-hydrogen) atoms. The van der Waals surface area contributed by atoms with Crippen LogP contribution in [0, 0.1) is 28.6 Å². The lowest BCUT2D eigenvalue weighted by Gasteiger charge is -2.64. The molecule has 5 fully saturated rings. The fourth-order valence-corrected chi connectivity index (χ4v) is 8.73. The number of aliphatic hydroxyl groups is 1. The molecule has 0 aromatic carbocycles. The van der Waals surface area contributed by atoms with Crippen LogP contribution in [-0.2, 0) is 23.7 Å².